The van der Waals surface area contributed by atoms with Crippen molar-refractivity contribution in [2.45, 2.75) is 20.6 Å². The smallest absolute Gasteiger partial charge is 0.287 e. The molecule has 0 aliphatic heterocycles. The molecule has 0 aliphatic carbocycles. The van der Waals surface area contributed by atoms with Crippen LogP contribution in [0.3, 0.4) is 0 Å². The second-order valence-electron chi connectivity index (χ2n) is 6.64. The predicted molar refractivity (Wildman–Crippen MR) is 112 cm³/mol. The molecule has 0 radical (unpaired) electrons. The summed E-state index contributed by atoms with van der Waals surface area (Å²) in [7, 11) is 1.60. The largest absolute Gasteiger partial charge is 0.364 e. The van der Waals surface area contributed by atoms with Gasteiger partial charge in [0.15, 0.2) is 15.9 Å². The van der Waals surface area contributed by atoms with Crippen LogP contribution in [0.4, 0.5) is 0 Å². The Bertz CT molecular complexity index is 1300. The number of fused-ring (bicyclic) bond motifs is 1. The van der Waals surface area contributed by atoms with Crippen molar-refractivity contribution in [1.82, 2.24) is 18.7 Å². The zero-order chi connectivity index (χ0) is 19.8. The van der Waals surface area contributed by atoms with Crippen LogP contribution in [-0.4, -0.2) is 25.8 Å². The fourth-order valence-electron chi connectivity index (χ4n) is 3.44. The summed E-state index contributed by atoms with van der Waals surface area (Å²) in [6.45, 7) is 4.25. The van der Waals surface area contributed by atoms with Crippen molar-refractivity contribution in [3.8, 4) is 11.4 Å². The fraction of sp³-hybridized carbons (Fsp3) is 0.190. The Morgan fingerprint density at radius 1 is 0.964 bits per heavy atom. The van der Waals surface area contributed by atoms with E-state index in [1.54, 1.807) is 22.6 Å². The van der Waals surface area contributed by atoms with Gasteiger partial charge in [-0.2, -0.15) is 0 Å². The lowest BCUT2D eigenvalue weighted by Gasteiger charge is -2.18. The molecule has 28 heavy (non-hydrogen) atoms. The minimum absolute atomic E-state index is 0.242. The van der Waals surface area contributed by atoms with Crippen LogP contribution in [0.2, 0.25) is 0 Å². The highest BCUT2D eigenvalue weighted by molar-refractivity contribution is 7.71. The first kappa shape index (κ1) is 18.3. The molecule has 2 heterocycles. The van der Waals surface area contributed by atoms with E-state index in [1.165, 1.54) is 0 Å². The third kappa shape index (κ3) is 2.80. The highest BCUT2D eigenvalue weighted by atomic mass is 32.1. The van der Waals surface area contributed by atoms with E-state index in [4.69, 9.17) is 17.0 Å². The van der Waals surface area contributed by atoms with Crippen LogP contribution < -0.4 is 5.56 Å². The molecule has 4 rings (SSSR count). The quantitative estimate of drug-likeness (QED) is 0.494. The van der Waals surface area contributed by atoms with Crippen molar-refractivity contribution in [2.24, 2.45) is 0 Å². The minimum Gasteiger partial charge on any atom is -0.364 e. The zero-order valence-corrected chi connectivity index (χ0v) is 16.7. The second kappa shape index (κ2) is 7.18. The summed E-state index contributed by atoms with van der Waals surface area (Å²) in [6, 6.07) is 15.6. The number of nitrogens with zero attached hydrogens (tertiary/aromatic N) is 4. The number of para-hydroxylation sites is 2. The maximum absolute atomic E-state index is 13.4. The molecule has 6 nitrogen and oxygen atoms in total. The molecule has 2 aromatic carbocycles. The van der Waals surface area contributed by atoms with E-state index in [2.05, 4.69) is 4.98 Å². The van der Waals surface area contributed by atoms with Crippen LogP contribution in [0, 0.1) is 18.6 Å². The lowest BCUT2D eigenvalue weighted by atomic mass is 10.2. The molecular weight excluding hydrogens is 372 g/mol. The van der Waals surface area contributed by atoms with Crippen LogP contribution in [0.1, 0.15) is 11.1 Å². The predicted octanol–water partition coefficient (Wildman–Crippen LogP) is 3.93. The maximum atomic E-state index is 13.4. The number of hydrogen-bond acceptors (Lipinski definition) is 4. The monoisotopic (exact) mass is 392 g/mol. The highest BCUT2D eigenvalue weighted by Crippen LogP contribution is 2.22. The summed E-state index contributed by atoms with van der Waals surface area (Å²) in [6.07, 6.45) is 1.61. The third-order valence-corrected chi connectivity index (χ3v) is 5.16. The van der Waals surface area contributed by atoms with Gasteiger partial charge in [-0.05, 0) is 49.3 Å². The van der Waals surface area contributed by atoms with E-state index in [0.717, 1.165) is 22.5 Å². The Labute approximate surface area is 167 Å². The SMILES string of the molecule is COCn1cnc2c(=O)n(-c3ccccc3C)c(=S)n(-c3ccccc3C)c21. The van der Waals surface area contributed by atoms with Gasteiger partial charge >= 0.3 is 0 Å². The number of benzene rings is 2. The van der Waals surface area contributed by atoms with Crippen molar-refractivity contribution < 1.29 is 4.74 Å². The topological polar surface area (TPSA) is 54.0 Å². The van der Waals surface area contributed by atoms with Gasteiger partial charge in [-0.3, -0.25) is 18.5 Å². The average molecular weight is 392 g/mol. The number of ether oxygens (including phenoxy) is 1. The molecule has 0 saturated heterocycles. The first-order valence-electron chi connectivity index (χ1n) is 8.88. The van der Waals surface area contributed by atoms with Gasteiger partial charge < -0.3 is 4.74 Å². The van der Waals surface area contributed by atoms with Crippen LogP contribution >= 0.6 is 12.2 Å². The van der Waals surface area contributed by atoms with Gasteiger partial charge in [-0.25, -0.2) is 4.98 Å². The molecule has 0 N–H and O–H groups in total. The van der Waals surface area contributed by atoms with E-state index in [9.17, 15) is 4.79 Å². The Kier molecular flexibility index (Phi) is 4.70. The summed E-state index contributed by atoms with van der Waals surface area (Å²) in [5.41, 5.74) is 4.38. The molecule has 0 aliphatic rings. The van der Waals surface area contributed by atoms with Gasteiger partial charge in [0.05, 0.1) is 17.7 Å². The van der Waals surface area contributed by atoms with Crippen LogP contribution in [0.15, 0.2) is 59.7 Å². The minimum atomic E-state index is -0.242. The Hall–Kier alpha value is -3.03. The first-order valence-corrected chi connectivity index (χ1v) is 9.29. The van der Waals surface area contributed by atoms with Crippen molar-refractivity contribution in [3.63, 3.8) is 0 Å². The molecule has 0 fully saturated rings. The van der Waals surface area contributed by atoms with Gasteiger partial charge in [0.2, 0.25) is 0 Å². The average Bonchev–Trinajstić information content (AvgIpc) is 3.09. The summed E-state index contributed by atoms with van der Waals surface area (Å²) >= 11 is 5.84. The van der Waals surface area contributed by atoms with Crippen molar-refractivity contribution in [1.29, 1.82) is 0 Å². The number of rotatable bonds is 4. The lowest BCUT2D eigenvalue weighted by Crippen LogP contribution is -2.25. The number of imidazole rings is 1. The molecule has 0 spiro atoms. The first-order chi connectivity index (χ1) is 13.5. The Morgan fingerprint density at radius 2 is 1.54 bits per heavy atom. The molecule has 0 bridgehead atoms. The van der Waals surface area contributed by atoms with E-state index in [-0.39, 0.29) is 12.3 Å². The summed E-state index contributed by atoms with van der Waals surface area (Å²) in [5.74, 6) is 0. The number of aromatic nitrogens is 4. The van der Waals surface area contributed by atoms with Crippen LogP contribution in [-0.2, 0) is 11.5 Å². The number of methoxy groups -OCH3 is 1. The van der Waals surface area contributed by atoms with Gasteiger partial charge in [-0.1, -0.05) is 36.4 Å². The number of aryl methyl sites for hydroxylation is 2. The number of hydrogen-bond donors (Lipinski definition) is 0. The Morgan fingerprint density at radius 3 is 2.11 bits per heavy atom. The van der Waals surface area contributed by atoms with Gasteiger partial charge in [0, 0.05) is 7.11 Å². The van der Waals surface area contributed by atoms with Gasteiger partial charge in [-0.15, -0.1) is 0 Å². The zero-order valence-electron chi connectivity index (χ0n) is 15.9. The van der Waals surface area contributed by atoms with Crippen molar-refractivity contribution in [3.05, 3.63) is 81.1 Å². The molecule has 4 aromatic rings. The summed E-state index contributed by atoms with van der Waals surface area (Å²) < 4.78 is 10.9. The third-order valence-electron chi connectivity index (χ3n) is 4.79. The van der Waals surface area contributed by atoms with Gasteiger partial charge in [0.25, 0.3) is 5.56 Å². The molecule has 2 aromatic heterocycles. The standard InChI is InChI=1S/C21H20N4O2S/c1-14-8-4-6-10-16(14)24-19-18(22-12-23(19)13-27-3)20(26)25(21(24)28)17-11-7-5-9-15(17)2/h4-12H,13H2,1-3H3. The van der Waals surface area contributed by atoms with Crippen LogP contribution in [0.25, 0.3) is 22.5 Å². The second-order valence-corrected chi connectivity index (χ2v) is 7.00. The van der Waals surface area contributed by atoms with E-state index in [0.29, 0.717) is 15.9 Å². The highest BCUT2D eigenvalue weighted by Gasteiger charge is 2.19. The Balaban J connectivity index is 2.22. The fourth-order valence-corrected chi connectivity index (χ4v) is 3.80. The summed E-state index contributed by atoms with van der Waals surface area (Å²) in [4.78, 5) is 17.7. The lowest BCUT2D eigenvalue weighted by molar-refractivity contribution is 0.133. The molecule has 0 unspecified atom stereocenters. The molecule has 0 atom stereocenters. The normalized spacial score (nSPS) is 11.2. The van der Waals surface area contributed by atoms with Crippen LogP contribution in [0.5, 0.6) is 0 Å². The molecular formula is C21H20N4O2S. The van der Waals surface area contributed by atoms with Crippen molar-refractivity contribution in [2.75, 3.05) is 7.11 Å². The van der Waals surface area contributed by atoms with E-state index in [1.807, 2.05) is 66.9 Å². The maximum Gasteiger partial charge on any atom is 0.287 e. The van der Waals surface area contributed by atoms with Crippen molar-refractivity contribution >= 4 is 23.4 Å². The molecule has 7 heteroatoms. The molecule has 0 amide bonds. The molecule has 0 saturated carbocycles. The van der Waals surface area contributed by atoms with E-state index >= 15 is 0 Å². The summed E-state index contributed by atoms with van der Waals surface area (Å²) in [5, 5.41) is 0. The van der Waals surface area contributed by atoms with Gasteiger partial charge in [0.1, 0.15) is 6.73 Å². The molecule has 142 valence electrons. The van der Waals surface area contributed by atoms with E-state index < -0.39 is 0 Å².